The van der Waals surface area contributed by atoms with Crippen LogP contribution in [0.3, 0.4) is 0 Å². The van der Waals surface area contributed by atoms with Gasteiger partial charge in [0.15, 0.2) is 11.7 Å². The van der Waals surface area contributed by atoms with Crippen LogP contribution in [0.15, 0.2) is 166 Å². The van der Waals surface area contributed by atoms with E-state index < -0.39 is 0 Å². The van der Waals surface area contributed by atoms with Gasteiger partial charge in [0.1, 0.15) is 0 Å². The first kappa shape index (κ1) is 28.5. The highest BCUT2D eigenvalue weighted by molar-refractivity contribution is 6.13. The van der Waals surface area contributed by atoms with Crippen LogP contribution in [-0.2, 0) is 18.4 Å². The van der Waals surface area contributed by atoms with Gasteiger partial charge in [-0.15, -0.1) is 0 Å². The highest BCUT2D eigenvalue weighted by Gasteiger charge is 2.35. The zero-order chi connectivity index (χ0) is 30.6. The average Bonchev–Trinajstić information content (AvgIpc) is 3.48. The van der Waals surface area contributed by atoms with Crippen LogP contribution in [0, 0.1) is 5.92 Å². The lowest BCUT2D eigenvalue weighted by Crippen LogP contribution is -2.22. The average molecular weight is 585 g/mol. The second-order valence-corrected chi connectivity index (χ2v) is 12.2. The van der Waals surface area contributed by atoms with Gasteiger partial charge in [-0.2, -0.15) is 0 Å². The maximum atomic E-state index is 5.09. The minimum absolute atomic E-state index is 0.0983. The Morgan fingerprint density at radius 1 is 0.867 bits per heavy atom. The molecule has 3 aliphatic rings. The van der Waals surface area contributed by atoms with Crippen LogP contribution in [0.2, 0.25) is 0 Å². The van der Waals surface area contributed by atoms with Crippen LogP contribution >= 0.6 is 0 Å². The smallest absolute Gasteiger partial charge is 0.161 e. The van der Waals surface area contributed by atoms with Crippen molar-refractivity contribution in [3.8, 4) is 0 Å². The monoisotopic (exact) mass is 584 g/mol. The molecular weight excluding hydrogens is 548 g/mol. The van der Waals surface area contributed by atoms with Crippen LogP contribution in [-0.4, -0.2) is 23.4 Å². The topological polar surface area (TPSA) is 50.0 Å². The second kappa shape index (κ2) is 12.4. The number of aliphatic imine (C=N–C) groups is 3. The summed E-state index contributed by atoms with van der Waals surface area (Å²) in [7, 11) is 0. The zero-order valence-electron chi connectivity index (χ0n) is 25.6. The molecule has 0 fully saturated rings. The van der Waals surface area contributed by atoms with Gasteiger partial charge in [-0.1, -0.05) is 128 Å². The number of hydrogen-bond acceptors (Lipinski definition) is 2. The molecule has 0 amide bonds. The van der Waals surface area contributed by atoms with Crippen LogP contribution in [0.5, 0.6) is 0 Å². The molecule has 4 nitrogen and oxygen atoms in total. The van der Waals surface area contributed by atoms with E-state index in [9.17, 15) is 0 Å². The van der Waals surface area contributed by atoms with Crippen molar-refractivity contribution < 1.29 is 0 Å². The number of hydrogen-bond donors (Lipinski definition) is 0. The van der Waals surface area contributed by atoms with Crippen LogP contribution < -0.4 is 0 Å². The first-order valence-corrected chi connectivity index (χ1v) is 15.6. The van der Waals surface area contributed by atoms with Crippen molar-refractivity contribution in [3.05, 3.63) is 184 Å². The molecule has 0 aliphatic heterocycles. The quantitative estimate of drug-likeness (QED) is 0.165. The lowest BCUT2D eigenvalue weighted by molar-refractivity contribution is 0.576. The van der Waals surface area contributed by atoms with Gasteiger partial charge in [0.25, 0.3) is 0 Å². The van der Waals surface area contributed by atoms with E-state index in [0.29, 0.717) is 24.1 Å². The van der Waals surface area contributed by atoms with E-state index in [1.54, 1.807) is 0 Å². The number of fused-ring (bicyclic) bond motifs is 3. The third-order valence-electron chi connectivity index (χ3n) is 9.18. The number of rotatable bonds is 6. The molecule has 7 rings (SSSR count). The van der Waals surface area contributed by atoms with Crippen molar-refractivity contribution in [1.82, 2.24) is 4.98 Å². The molecule has 0 radical (unpaired) electrons. The summed E-state index contributed by atoms with van der Waals surface area (Å²) in [6.07, 6.45) is 17.9. The van der Waals surface area contributed by atoms with E-state index >= 15 is 0 Å². The summed E-state index contributed by atoms with van der Waals surface area (Å²) in [6, 6.07) is 33.1. The third kappa shape index (κ3) is 5.84. The number of amidine groups is 2. The molecule has 0 spiro atoms. The molecule has 3 aliphatic carbocycles. The molecule has 220 valence electrons. The van der Waals surface area contributed by atoms with Gasteiger partial charge in [-0.3, -0.25) is 9.98 Å². The highest BCUT2D eigenvalue weighted by Crippen LogP contribution is 2.46. The van der Waals surface area contributed by atoms with Crippen LogP contribution in [0.4, 0.5) is 0 Å². The summed E-state index contributed by atoms with van der Waals surface area (Å²) in [5, 5.41) is 0. The van der Waals surface area contributed by atoms with Gasteiger partial charge in [0.2, 0.25) is 0 Å². The van der Waals surface area contributed by atoms with Crippen LogP contribution in [0.25, 0.3) is 0 Å². The fourth-order valence-corrected chi connectivity index (χ4v) is 6.68. The largest absolute Gasteiger partial charge is 0.261 e. The van der Waals surface area contributed by atoms with Crippen molar-refractivity contribution in [2.24, 2.45) is 20.9 Å². The van der Waals surface area contributed by atoms with E-state index in [0.717, 1.165) is 35.2 Å². The molecule has 1 heterocycles. The van der Waals surface area contributed by atoms with Gasteiger partial charge in [-0.25, -0.2) is 9.98 Å². The Kier molecular flexibility index (Phi) is 7.87. The molecule has 3 atom stereocenters. The fraction of sp³-hybridized carbons (Fsp3) is 0.171. The van der Waals surface area contributed by atoms with Crippen LogP contribution in [0.1, 0.15) is 52.8 Å². The maximum absolute atomic E-state index is 5.09. The number of pyridine rings is 1. The van der Waals surface area contributed by atoms with Gasteiger partial charge < -0.3 is 0 Å². The lowest BCUT2D eigenvalue weighted by Gasteiger charge is -2.29. The number of allylic oxidation sites excluding steroid dienone is 8. The molecule has 45 heavy (non-hydrogen) atoms. The van der Waals surface area contributed by atoms with E-state index in [4.69, 9.17) is 9.98 Å². The predicted octanol–water partition coefficient (Wildman–Crippen LogP) is 8.77. The van der Waals surface area contributed by atoms with Gasteiger partial charge in [-0.05, 0) is 65.4 Å². The minimum Gasteiger partial charge on any atom is -0.261 e. The summed E-state index contributed by atoms with van der Waals surface area (Å²) < 4.78 is 0. The molecule has 4 aromatic rings. The molecule has 3 unspecified atom stereocenters. The predicted molar refractivity (Wildman–Crippen MR) is 186 cm³/mol. The molecule has 1 aromatic heterocycles. The zero-order valence-corrected chi connectivity index (χ0v) is 25.6. The first-order valence-electron chi connectivity index (χ1n) is 15.6. The molecule has 0 N–H and O–H groups in total. The molecule has 4 heteroatoms. The summed E-state index contributed by atoms with van der Waals surface area (Å²) in [6.45, 7) is 6.77. The van der Waals surface area contributed by atoms with Crippen molar-refractivity contribution in [2.45, 2.75) is 37.6 Å². The van der Waals surface area contributed by atoms with Crippen molar-refractivity contribution in [1.29, 1.82) is 0 Å². The molecule has 0 saturated heterocycles. The summed E-state index contributed by atoms with van der Waals surface area (Å²) in [5.41, 5.74) is 9.29. The van der Waals surface area contributed by atoms with Gasteiger partial charge in [0, 0.05) is 28.7 Å². The number of benzene rings is 3. The Morgan fingerprint density at radius 2 is 1.67 bits per heavy atom. The fourth-order valence-electron chi connectivity index (χ4n) is 6.68. The Labute approximate surface area is 265 Å². The molecule has 0 saturated carbocycles. The Morgan fingerprint density at radius 3 is 2.40 bits per heavy atom. The molecule has 0 bridgehead atoms. The molecule has 3 aromatic carbocycles. The summed E-state index contributed by atoms with van der Waals surface area (Å²) in [4.78, 5) is 19.2. The standard InChI is InChI=1S/C41H36N4/c1-41(37-18-9-10-25-43-37)23-21-30(22-24-41)32-19-20-33-26-34-16-11-17-35(38(34)36(33)27-32)40(42-2)45-39(31-14-7-4-8-15-31)44-28-29-12-5-3-6-13-29/h3-23,25,27,33,36H,2,24,26,28H2,1H3. The summed E-state index contributed by atoms with van der Waals surface area (Å²) in [5.74, 6) is 1.91. The van der Waals surface area contributed by atoms with E-state index in [1.807, 2.05) is 60.8 Å². The minimum atomic E-state index is -0.0983. The Hall–Kier alpha value is -5.22. The van der Waals surface area contributed by atoms with E-state index in [-0.39, 0.29) is 11.3 Å². The third-order valence-corrected chi connectivity index (χ3v) is 9.18. The Balaban J connectivity index is 1.22. The molecular formula is C41H36N4. The number of nitrogens with zero attached hydrogens (tertiary/aromatic N) is 4. The SMILES string of the molecule is C=NC(=NC(=NCc1ccccc1)c1ccccc1)c1cccc2c1C1C=C(C3=CCC(C)(c4ccccn4)C=C3)C=CC1C2. The Bertz CT molecular complexity index is 1900. The summed E-state index contributed by atoms with van der Waals surface area (Å²) >= 11 is 0. The normalized spacial score (nSPS) is 22.3. The van der Waals surface area contributed by atoms with Gasteiger partial charge >= 0.3 is 0 Å². The van der Waals surface area contributed by atoms with E-state index in [2.05, 4.69) is 103 Å². The maximum Gasteiger partial charge on any atom is 0.161 e. The van der Waals surface area contributed by atoms with Crippen molar-refractivity contribution >= 4 is 18.4 Å². The van der Waals surface area contributed by atoms with E-state index in [1.165, 1.54) is 22.3 Å². The van der Waals surface area contributed by atoms with Crippen molar-refractivity contribution in [3.63, 3.8) is 0 Å². The van der Waals surface area contributed by atoms with Gasteiger partial charge in [0.05, 0.1) is 12.2 Å². The first-order chi connectivity index (χ1) is 22.1. The highest BCUT2D eigenvalue weighted by atomic mass is 15.0. The second-order valence-electron chi connectivity index (χ2n) is 12.2. The number of aromatic nitrogens is 1. The van der Waals surface area contributed by atoms with Crippen molar-refractivity contribution in [2.75, 3.05) is 0 Å². The lowest BCUT2D eigenvalue weighted by atomic mass is 9.76.